The Labute approximate surface area is 192 Å². The predicted octanol–water partition coefficient (Wildman–Crippen LogP) is 6.02. The fourth-order valence-electron chi connectivity index (χ4n) is 5.01. The largest absolute Gasteiger partial charge is 0.457 e. The van der Waals surface area contributed by atoms with Crippen molar-refractivity contribution in [2.24, 2.45) is 0 Å². The summed E-state index contributed by atoms with van der Waals surface area (Å²) in [6.07, 6.45) is 5.90. The average molecular weight is 435 g/mol. The molecular formula is C28H26N4O. The number of piperidine rings is 1. The van der Waals surface area contributed by atoms with Gasteiger partial charge in [-0.2, -0.15) is 5.10 Å². The molecule has 0 bridgehead atoms. The third-order valence-electron chi connectivity index (χ3n) is 6.81. The highest BCUT2D eigenvalue weighted by atomic mass is 16.5. The van der Waals surface area contributed by atoms with Gasteiger partial charge in [0.05, 0.1) is 6.20 Å². The molecule has 0 unspecified atom stereocenters. The van der Waals surface area contributed by atoms with E-state index in [1.54, 1.807) is 0 Å². The molecule has 1 aliphatic rings. The lowest BCUT2D eigenvalue weighted by Crippen LogP contribution is -2.41. The lowest BCUT2D eigenvalue weighted by Gasteiger charge is -2.38. The van der Waals surface area contributed by atoms with Gasteiger partial charge in [-0.15, -0.1) is 0 Å². The fraction of sp³-hybridized carbons (Fsp3) is 0.179. The van der Waals surface area contributed by atoms with Crippen LogP contribution in [-0.2, 0) is 5.41 Å². The Kier molecular flexibility index (Phi) is 4.96. The molecular weight excluding hydrogens is 408 g/mol. The number of para-hydroxylation sites is 1. The first-order valence-corrected chi connectivity index (χ1v) is 11.5. The maximum atomic E-state index is 6.06. The van der Waals surface area contributed by atoms with Crippen LogP contribution < -0.4 is 10.1 Å². The molecule has 33 heavy (non-hydrogen) atoms. The number of hydrogen-bond acceptors (Lipinski definition) is 3. The molecule has 1 saturated heterocycles. The van der Waals surface area contributed by atoms with E-state index in [1.807, 2.05) is 48.8 Å². The highest BCUT2D eigenvalue weighted by Gasteiger charge is 2.37. The molecule has 1 fully saturated rings. The number of nitrogens with zero attached hydrogens (tertiary/aromatic N) is 1. The van der Waals surface area contributed by atoms with E-state index in [2.05, 4.69) is 63.0 Å². The molecule has 0 radical (unpaired) electrons. The molecule has 164 valence electrons. The molecule has 0 spiro atoms. The number of H-pyrrole nitrogens is 2. The smallest absolute Gasteiger partial charge is 0.129 e. The Morgan fingerprint density at radius 2 is 1.61 bits per heavy atom. The van der Waals surface area contributed by atoms with Gasteiger partial charge in [-0.25, -0.2) is 0 Å². The molecule has 0 saturated carbocycles. The van der Waals surface area contributed by atoms with E-state index in [0.717, 1.165) is 48.5 Å². The van der Waals surface area contributed by atoms with Gasteiger partial charge in [0.15, 0.2) is 0 Å². The molecule has 0 amide bonds. The highest BCUT2D eigenvalue weighted by molar-refractivity contribution is 5.82. The summed E-state index contributed by atoms with van der Waals surface area (Å²) >= 11 is 0. The molecule has 3 heterocycles. The van der Waals surface area contributed by atoms with Crippen molar-refractivity contribution in [1.82, 2.24) is 20.5 Å². The van der Waals surface area contributed by atoms with Crippen LogP contribution in [0.5, 0.6) is 11.5 Å². The third-order valence-corrected chi connectivity index (χ3v) is 6.81. The Bertz CT molecular complexity index is 1350. The fourth-order valence-corrected chi connectivity index (χ4v) is 5.01. The van der Waals surface area contributed by atoms with Gasteiger partial charge in [0.25, 0.3) is 0 Å². The average Bonchev–Trinajstić information content (AvgIpc) is 3.56. The van der Waals surface area contributed by atoms with Crippen molar-refractivity contribution in [2.45, 2.75) is 18.3 Å². The third kappa shape index (κ3) is 3.70. The number of hydrogen-bond donors (Lipinski definition) is 3. The number of fused-ring (bicyclic) bond motifs is 1. The van der Waals surface area contributed by atoms with Crippen LogP contribution in [0.3, 0.4) is 0 Å². The van der Waals surface area contributed by atoms with Gasteiger partial charge >= 0.3 is 0 Å². The van der Waals surface area contributed by atoms with Crippen molar-refractivity contribution in [3.63, 3.8) is 0 Å². The summed E-state index contributed by atoms with van der Waals surface area (Å²) in [5.74, 6) is 1.68. The standard InChI is InChI=1S/C28H26N4O/c1-2-4-24(5-3-1)33-25-11-8-21-16-27(32-26(21)17-25)28(12-14-29-15-13-28)23-9-6-20(7-10-23)22-18-30-31-19-22/h1-11,16-19,29,32H,12-15H2,(H,30,31). The molecule has 5 nitrogen and oxygen atoms in total. The molecule has 5 aromatic rings. The normalized spacial score (nSPS) is 15.5. The lowest BCUT2D eigenvalue weighted by molar-refractivity contribution is 0.356. The van der Waals surface area contributed by atoms with E-state index < -0.39 is 0 Å². The quantitative estimate of drug-likeness (QED) is 0.317. The highest BCUT2D eigenvalue weighted by Crippen LogP contribution is 2.42. The van der Waals surface area contributed by atoms with Gasteiger partial charge in [0, 0.05) is 34.5 Å². The first kappa shape index (κ1) is 19.8. The number of aromatic nitrogens is 3. The number of nitrogens with one attached hydrogen (secondary N) is 3. The van der Waals surface area contributed by atoms with E-state index in [0.29, 0.717) is 0 Å². The van der Waals surface area contributed by atoms with Crippen LogP contribution in [0, 0.1) is 0 Å². The van der Waals surface area contributed by atoms with E-state index >= 15 is 0 Å². The predicted molar refractivity (Wildman–Crippen MR) is 132 cm³/mol. The summed E-state index contributed by atoms with van der Waals surface area (Å²) in [7, 11) is 0. The van der Waals surface area contributed by atoms with E-state index in [4.69, 9.17) is 4.74 Å². The summed E-state index contributed by atoms with van der Waals surface area (Å²) in [6.45, 7) is 2.00. The Morgan fingerprint density at radius 1 is 0.788 bits per heavy atom. The first-order valence-electron chi connectivity index (χ1n) is 11.5. The summed E-state index contributed by atoms with van der Waals surface area (Å²) in [5.41, 5.74) is 5.97. The number of ether oxygens (including phenoxy) is 1. The summed E-state index contributed by atoms with van der Waals surface area (Å²) in [4.78, 5) is 3.75. The minimum absolute atomic E-state index is 0.0420. The molecule has 0 atom stereocenters. The van der Waals surface area contributed by atoms with E-state index in [9.17, 15) is 0 Å². The van der Waals surface area contributed by atoms with Crippen molar-refractivity contribution in [3.05, 3.63) is 103 Å². The molecule has 0 aliphatic carbocycles. The van der Waals surface area contributed by atoms with Crippen molar-refractivity contribution >= 4 is 10.9 Å². The minimum atomic E-state index is -0.0420. The molecule has 5 heteroatoms. The molecule has 3 aromatic carbocycles. The SMILES string of the molecule is c1ccc(Oc2ccc3cc(C4(c5ccc(-c6cn[nH]c6)cc5)CCNCC4)[nH]c3c2)cc1. The second kappa shape index (κ2) is 8.26. The van der Waals surface area contributed by atoms with Gasteiger partial charge in [-0.1, -0.05) is 42.5 Å². The van der Waals surface area contributed by atoms with Gasteiger partial charge < -0.3 is 15.0 Å². The maximum Gasteiger partial charge on any atom is 0.129 e. The second-order valence-corrected chi connectivity index (χ2v) is 8.74. The zero-order chi connectivity index (χ0) is 22.1. The lowest BCUT2D eigenvalue weighted by atomic mass is 9.70. The van der Waals surface area contributed by atoms with Crippen LogP contribution in [0.1, 0.15) is 24.1 Å². The van der Waals surface area contributed by atoms with Crippen molar-refractivity contribution in [3.8, 4) is 22.6 Å². The van der Waals surface area contributed by atoms with Crippen LogP contribution in [0.15, 0.2) is 91.3 Å². The zero-order valence-electron chi connectivity index (χ0n) is 18.3. The van der Waals surface area contributed by atoms with Crippen molar-refractivity contribution in [2.75, 3.05) is 13.1 Å². The van der Waals surface area contributed by atoms with Crippen LogP contribution in [0.4, 0.5) is 0 Å². The number of rotatable bonds is 5. The topological polar surface area (TPSA) is 65.7 Å². The van der Waals surface area contributed by atoms with Gasteiger partial charge in [0.2, 0.25) is 0 Å². The van der Waals surface area contributed by atoms with E-state index in [1.165, 1.54) is 22.2 Å². The van der Waals surface area contributed by atoms with Crippen LogP contribution in [-0.4, -0.2) is 28.3 Å². The van der Waals surface area contributed by atoms with Gasteiger partial charge in [-0.05, 0) is 72.8 Å². The molecule has 3 N–H and O–H groups in total. The number of benzene rings is 3. The number of aromatic amines is 2. The Hall–Kier alpha value is -3.83. The van der Waals surface area contributed by atoms with Gasteiger partial charge in [-0.3, -0.25) is 5.10 Å². The summed E-state index contributed by atoms with van der Waals surface area (Å²) < 4.78 is 6.06. The van der Waals surface area contributed by atoms with Crippen molar-refractivity contribution in [1.29, 1.82) is 0 Å². The van der Waals surface area contributed by atoms with Crippen LogP contribution >= 0.6 is 0 Å². The summed E-state index contributed by atoms with van der Waals surface area (Å²) in [6, 6.07) is 27.5. The molecule has 1 aliphatic heterocycles. The van der Waals surface area contributed by atoms with Crippen LogP contribution in [0.25, 0.3) is 22.0 Å². The zero-order valence-corrected chi connectivity index (χ0v) is 18.3. The first-order chi connectivity index (χ1) is 16.3. The van der Waals surface area contributed by atoms with Gasteiger partial charge in [0.1, 0.15) is 11.5 Å². The monoisotopic (exact) mass is 434 g/mol. The molecule has 2 aromatic heterocycles. The Morgan fingerprint density at radius 3 is 2.36 bits per heavy atom. The second-order valence-electron chi connectivity index (χ2n) is 8.74. The van der Waals surface area contributed by atoms with Crippen LogP contribution in [0.2, 0.25) is 0 Å². The molecule has 6 rings (SSSR count). The maximum absolute atomic E-state index is 6.06. The summed E-state index contributed by atoms with van der Waals surface area (Å²) in [5, 5.41) is 11.7. The Balaban J connectivity index is 1.37. The minimum Gasteiger partial charge on any atom is -0.457 e. The van der Waals surface area contributed by atoms with E-state index in [-0.39, 0.29) is 5.41 Å². The van der Waals surface area contributed by atoms with Crippen molar-refractivity contribution < 1.29 is 4.74 Å².